The van der Waals surface area contributed by atoms with E-state index < -0.39 is 21.5 Å². The minimum Gasteiger partial charge on any atom is -0.495 e. The number of rotatable bonds is 7. The molecule has 4 rings (SSSR count). The Morgan fingerprint density at radius 2 is 1.91 bits per heavy atom. The van der Waals surface area contributed by atoms with Crippen molar-refractivity contribution in [1.82, 2.24) is 14.0 Å². The number of carbonyl (C=O) groups excluding carboxylic acids is 1. The molecular weight excluding hydrogens is 476 g/mol. The van der Waals surface area contributed by atoms with Crippen molar-refractivity contribution >= 4 is 37.5 Å². The lowest BCUT2D eigenvalue weighted by Gasteiger charge is -2.19. The van der Waals surface area contributed by atoms with Crippen molar-refractivity contribution in [3.63, 3.8) is 0 Å². The fourth-order valence-corrected chi connectivity index (χ4v) is 5.56. The third-order valence-corrected chi connectivity index (χ3v) is 7.87. The standard InChI is InChI=1S/C23H22N4O5S2/c1-15-24-22-18(11-12-33-22)23(29)27(15)25-21(28)17-9-10-19(32-3)20(13-17)34(30,31)26(2)14-16-7-5-4-6-8-16/h4-13H,14H2,1-3H3,(H,25,28). The van der Waals surface area contributed by atoms with Crippen LogP contribution in [0.1, 0.15) is 21.7 Å². The van der Waals surface area contributed by atoms with Crippen molar-refractivity contribution in [2.24, 2.45) is 0 Å². The number of nitrogens with one attached hydrogen (secondary N) is 1. The van der Waals surface area contributed by atoms with Crippen LogP contribution in [0.3, 0.4) is 0 Å². The molecule has 9 nitrogen and oxygen atoms in total. The topological polar surface area (TPSA) is 111 Å². The van der Waals surface area contributed by atoms with Gasteiger partial charge in [-0.25, -0.2) is 18.1 Å². The molecule has 0 bridgehead atoms. The summed E-state index contributed by atoms with van der Waals surface area (Å²) in [5.74, 6) is -0.255. The number of aryl methyl sites for hydroxylation is 1. The molecule has 1 N–H and O–H groups in total. The third kappa shape index (κ3) is 4.45. The molecule has 34 heavy (non-hydrogen) atoms. The van der Waals surface area contributed by atoms with Gasteiger partial charge >= 0.3 is 0 Å². The number of ether oxygens (including phenoxy) is 1. The monoisotopic (exact) mass is 498 g/mol. The van der Waals surface area contributed by atoms with Gasteiger partial charge < -0.3 is 4.74 Å². The molecule has 4 aromatic rings. The van der Waals surface area contributed by atoms with Gasteiger partial charge in [0.2, 0.25) is 10.0 Å². The van der Waals surface area contributed by atoms with Crippen LogP contribution < -0.4 is 15.7 Å². The van der Waals surface area contributed by atoms with Crippen molar-refractivity contribution in [2.45, 2.75) is 18.4 Å². The summed E-state index contributed by atoms with van der Waals surface area (Å²) in [5.41, 5.74) is 2.96. The van der Waals surface area contributed by atoms with Crippen LogP contribution in [0.25, 0.3) is 10.2 Å². The van der Waals surface area contributed by atoms with E-state index in [4.69, 9.17) is 4.74 Å². The maximum Gasteiger partial charge on any atom is 0.281 e. The van der Waals surface area contributed by atoms with E-state index in [0.29, 0.717) is 16.0 Å². The molecule has 2 aromatic carbocycles. The normalized spacial score (nSPS) is 11.6. The first-order valence-corrected chi connectivity index (χ1v) is 12.5. The van der Waals surface area contributed by atoms with E-state index in [1.807, 2.05) is 30.3 Å². The number of hydrogen-bond donors (Lipinski definition) is 1. The molecule has 11 heteroatoms. The van der Waals surface area contributed by atoms with Crippen molar-refractivity contribution in [3.05, 3.63) is 87.3 Å². The largest absolute Gasteiger partial charge is 0.495 e. The number of thiophene rings is 1. The lowest BCUT2D eigenvalue weighted by molar-refractivity contribution is 0.101. The summed E-state index contributed by atoms with van der Waals surface area (Å²) in [5, 5.41) is 2.13. The molecule has 2 aromatic heterocycles. The predicted octanol–water partition coefficient (Wildman–Crippen LogP) is 2.98. The summed E-state index contributed by atoms with van der Waals surface area (Å²) in [4.78, 5) is 30.5. The molecule has 1 amide bonds. The number of fused-ring (bicyclic) bond motifs is 1. The second-order valence-electron chi connectivity index (χ2n) is 7.49. The Balaban J connectivity index is 1.67. The molecule has 0 spiro atoms. The van der Waals surface area contributed by atoms with E-state index in [1.165, 1.54) is 48.0 Å². The number of amides is 1. The van der Waals surface area contributed by atoms with Gasteiger partial charge in [0.25, 0.3) is 11.5 Å². The van der Waals surface area contributed by atoms with E-state index in [9.17, 15) is 18.0 Å². The first kappa shape index (κ1) is 23.6. The lowest BCUT2D eigenvalue weighted by Crippen LogP contribution is -2.35. The number of sulfonamides is 1. The Labute approximate surface area is 200 Å². The zero-order chi connectivity index (χ0) is 24.5. The van der Waals surface area contributed by atoms with Crippen LogP contribution in [-0.4, -0.2) is 42.4 Å². The fraction of sp³-hybridized carbons (Fsp3) is 0.174. The van der Waals surface area contributed by atoms with Gasteiger partial charge in [0.1, 0.15) is 21.3 Å². The first-order chi connectivity index (χ1) is 16.2. The van der Waals surface area contributed by atoms with Gasteiger partial charge in [0.05, 0.1) is 12.5 Å². The van der Waals surface area contributed by atoms with Gasteiger partial charge in [0.15, 0.2) is 0 Å². The summed E-state index contributed by atoms with van der Waals surface area (Å²) < 4.78 is 34.1. The van der Waals surface area contributed by atoms with E-state index in [0.717, 1.165) is 10.2 Å². The smallest absolute Gasteiger partial charge is 0.281 e. The summed E-state index contributed by atoms with van der Waals surface area (Å²) in [6.45, 7) is 1.74. The molecule has 0 radical (unpaired) electrons. The first-order valence-electron chi connectivity index (χ1n) is 10.2. The van der Waals surface area contributed by atoms with Crippen LogP contribution in [0.5, 0.6) is 5.75 Å². The molecule has 2 heterocycles. The van der Waals surface area contributed by atoms with Gasteiger partial charge in [-0.3, -0.25) is 15.0 Å². The molecule has 0 atom stereocenters. The van der Waals surface area contributed by atoms with E-state index in [1.54, 1.807) is 18.4 Å². The molecular formula is C23H22N4O5S2. The summed E-state index contributed by atoms with van der Waals surface area (Å²) in [6.07, 6.45) is 0. The zero-order valence-corrected chi connectivity index (χ0v) is 20.3. The lowest BCUT2D eigenvalue weighted by atomic mass is 10.2. The molecule has 0 unspecified atom stereocenters. The number of hydrogen-bond acceptors (Lipinski definition) is 7. The molecule has 0 aliphatic carbocycles. The average Bonchev–Trinajstić information content (AvgIpc) is 3.30. The van der Waals surface area contributed by atoms with Gasteiger partial charge in [-0.1, -0.05) is 30.3 Å². The van der Waals surface area contributed by atoms with Crippen molar-refractivity contribution in [1.29, 1.82) is 0 Å². The Bertz CT molecular complexity index is 1530. The quantitative estimate of drug-likeness (QED) is 0.419. The van der Waals surface area contributed by atoms with Crippen molar-refractivity contribution < 1.29 is 17.9 Å². The van der Waals surface area contributed by atoms with Gasteiger partial charge in [0, 0.05) is 19.2 Å². The second-order valence-corrected chi connectivity index (χ2v) is 10.4. The van der Waals surface area contributed by atoms with E-state index in [-0.39, 0.29) is 22.8 Å². The Kier molecular flexibility index (Phi) is 6.51. The number of methoxy groups -OCH3 is 1. The highest BCUT2D eigenvalue weighted by Crippen LogP contribution is 2.28. The van der Waals surface area contributed by atoms with E-state index >= 15 is 0 Å². The summed E-state index contributed by atoms with van der Waals surface area (Å²) >= 11 is 1.33. The molecule has 0 saturated carbocycles. The Morgan fingerprint density at radius 3 is 2.62 bits per heavy atom. The Morgan fingerprint density at radius 1 is 1.18 bits per heavy atom. The molecule has 176 valence electrons. The average molecular weight is 499 g/mol. The van der Waals surface area contributed by atoms with Crippen LogP contribution in [0.4, 0.5) is 0 Å². The molecule has 0 aliphatic rings. The molecule has 0 saturated heterocycles. The van der Waals surface area contributed by atoms with Gasteiger partial charge in [-0.05, 0) is 42.1 Å². The maximum absolute atomic E-state index is 13.3. The van der Waals surface area contributed by atoms with Crippen LogP contribution in [0.15, 0.2) is 69.7 Å². The summed E-state index contributed by atoms with van der Waals surface area (Å²) in [7, 11) is -1.18. The number of aromatic nitrogens is 2. The van der Waals surface area contributed by atoms with Gasteiger partial charge in [-0.15, -0.1) is 11.3 Å². The maximum atomic E-state index is 13.3. The number of nitrogens with zero attached hydrogens (tertiary/aromatic N) is 3. The molecule has 0 aliphatic heterocycles. The number of carbonyl (C=O) groups is 1. The van der Waals surface area contributed by atoms with Crippen LogP contribution >= 0.6 is 11.3 Å². The van der Waals surface area contributed by atoms with Crippen LogP contribution in [0.2, 0.25) is 0 Å². The SMILES string of the molecule is COc1ccc(C(=O)Nn2c(C)nc3sccc3c2=O)cc1S(=O)(=O)N(C)Cc1ccccc1. The minimum absolute atomic E-state index is 0.0456. The van der Waals surface area contributed by atoms with Crippen molar-refractivity contribution in [2.75, 3.05) is 19.6 Å². The minimum atomic E-state index is -4.00. The highest BCUT2D eigenvalue weighted by Gasteiger charge is 2.26. The van der Waals surface area contributed by atoms with E-state index in [2.05, 4.69) is 10.4 Å². The molecule has 0 fully saturated rings. The highest BCUT2D eigenvalue weighted by atomic mass is 32.2. The Hall–Kier alpha value is -3.54. The highest BCUT2D eigenvalue weighted by molar-refractivity contribution is 7.89. The van der Waals surface area contributed by atoms with Gasteiger partial charge in [-0.2, -0.15) is 4.31 Å². The van der Waals surface area contributed by atoms with Crippen LogP contribution in [0, 0.1) is 6.92 Å². The predicted molar refractivity (Wildman–Crippen MR) is 130 cm³/mol. The zero-order valence-electron chi connectivity index (χ0n) is 18.7. The fourth-order valence-electron chi connectivity index (χ4n) is 3.43. The van der Waals surface area contributed by atoms with Crippen LogP contribution in [-0.2, 0) is 16.6 Å². The third-order valence-electron chi connectivity index (χ3n) is 5.24. The second kappa shape index (κ2) is 9.37. The summed E-state index contributed by atoms with van der Waals surface area (Å²) in [6, 6.07) is 14.9. The number of benzene rings is 2. The van der Waals surface area contributed by atoms with Crippen molar-refractivity contribution in [3.8, 4) is 5.75 Å².